The summed E-state index contributed by atoms with van der Waals surface area (Å²) in [5.41, 5.74) is 6.87. The van der Waals surface area contributed by atoms with Crippen LogP contribution in [-0.2, 0) is 0 Å². The summed E-state index contributed by atoms with van der Waals surface area (Å²) in [6, 6.07) is 5.96. The fourth-order valence-corrected chi connectivity index (χ4v) is 1.96. The molecule has 2 rings (SSSR count). The molecule has 0 fully saturated rings. The van der Waals surface area contributed by atoms with Gasteiger partial charge < -0.3 is 5.73 Å². The fourth-order valence-electron chi connectivity index (χ4n) is 1.24. The number of aromatic nitrogens is 2. The molecule has 0 bridgehead atoms. The second-order valence-corrected chi connectivity index (χ2v) is 4.48. The van der Waals surface area contributed by atoms with Gasteiger partial charge in [-0.05, 0) is 46.9 Å². The molecule has 82 valence electrons. The van der Waals surface area contributed by atoms with Gasteiger partial charge in [-0.2, -0.15) is 0 Å². The Bertz CT molecular complexity index is 530. The highest BCUT2D eigenvalue weighted by Crippen LogP contribution is 2.28. The smallest absolute Gasteiger partial charge is 0.222 e. The Balaban J connectivity index is 2.59. The predicted octanol–water partition coefficient (Wildman–Crippen LogP) is 3.12. The molecular formula is C10H6ClFIN3. The monoisotopic (exact) mass is 349 g/mol. The van der Waals surface area contributed by atoms with Crippen LogP contribution in [0.1, 0.15) is 0 Å². The number of rotatable bonds is 1. The molecule has 0 aliphatic carbocycles. The lowest BCUT2D eigenvalue weighted by Crippen LogP contribution is -2.00. The Morgan fingerprint density at radius 1 is 1.19 bits per heavy atom. The van der Waals surface area contributed by atoms with Gasteiger partial charge in [0.15, 0.2) is 0 Å². The third-order valence-electron chi connectivity index (χ3n) is 1.95. The van der Waals surface area contributed by atoms with E-state index in [1.807, 2.05) is 22.6 Å². The second kappa shape index (κ2) is 4.50. The summed E-state index contributed by atoms with van der Waals surface area (Å²) >= 11 is 7.92. The lowest BCUT2D eigenvalue weighted by atomic mass is 10.1. The Hall–Kier alpha value is -0.950. The zero-order valence-electron chi connectivity index (χ0n) is 7.92. The van der Waals surface area contributed by atoms with Gasteiger partial charge in [-0.3, -0.25) is 0 Å². The Labute approximate surface area is 110 Å². The first-order valence-electron chi connectivity index (χ1n) is 4.32. The molecule has 1 heterocycles. The number of hydrogen-bond acceptors (Lipinski definition) is 3. The minimum atomic E-state index is -0.299. The van der Waals surface area contributed by atoms with Crippen LogP contribution in [0.3, 0.4) is 0 Å². The van der Waals surface area contributed by atoms with E-state index in [1.54, 1.807) is 12.1 Å². The first-order chi connectivity index (χ1) is 7.58. The van der Waals surface area contributed by atoms with Crippen LogP contribution in [-0.4, -0.2) is 9.97 Å². The maximum atomic E-state index is 12.8. The highest BCUT2D eigenvalue weighted by molar-refractivity contribution is 14.1. The van der Waals surface area contributed by atoms with Crippen molar-refractivity contribution in [1.82, 2.24) is 9.97 Å². The first-order valence-corrected chi connectivity index (χ1v) is 5.78. The number of anilines is 1. The van der Waals surface area contributed by atoms with Gasteiger partial charge in [0, 0.05) is 5.56 Å². The van der Waals surface area contributed by atoms with E-state index in [2.05, 4.69) is 9.97 Å². The minimum Gasteiger partial charge on any atom is -0.368 e. The van der Waals surface area contributed by atoms with Crippen LogP contribution in [0.2, 0.25) is 5.15 Å². The SMILES string of the molecule is Nc1nc(Cl)c(I)c(-c2ccc(F)cc2)n1. The minimum absolute atomic E-state index is 0.102. The molecule has 0 radical (unpaired) electrons. The number of nitrogen functional groups attached to an aromatic ring is 1. The molecule has 16 heavy (non-hydrogen) atoms. The first kappa shape index (κ1) is 11.5. The number of benzene rings is 1. The number of hydrogen-bond donors (Lipinski definition) is 1. The molecule has 0 saturated heterocycles. The maximum Gasteiger partial charge on any atom is 0.222 e. The topological polar surface area (TPSA) is 51.8 Å². The standard InChI is InChI=1S/C10H6ClFIN3/c11-9-7(13)8(15-10(14)16-9)5-1-3-6(12)4-2-5/h1-4H,(H2,14,15,16). The van der Waals surface area contributed by atoms with Crippen molar-refractivity contribution in [1.29, 1.82) is 0 Å². The fraction of sp³-hybridized carbons (Fsp3) is 0. The van der Waals surface area contributed by atoms with Crippen molar-refractivity contribution in [3.63, 3.8) is 0 Å². The zero-order valence-corrected chi connectivity index (χ0v) is 10.8. The van der Waals surface area contributed by atoms with Crippen LogP contribution in [0.15, 0.2) is 24.3 Å². The third kappa shape index (κ3) is 2.25. The molecular weight excluding hydrogens is 343 g/mol. The van der Waals surface area contributed by atoms with Crippen LogP contribution in [0.25, 0.3) is 11.3 Å². The van der Waals surface area contributed by atoms with Gasteiger partial charge in [0.2, 0.25) is 5.95 Å². The van der Waals surface area contributed by atoms with E-state index in [1.165, 1.54) is 12.1 Å². The molecule has 3 nitrogen and oxygen atoms in total. The largest absolute Gasteiger partial charge is 0.368 e. The highest BCUT2D eigenvalue weighted by atomic mass is 127. The summed E-state index contributed by atoms with van der Waals surface area (Å²) in [6.45, 7) is 0. The molecule has 1 aromatic carbocycles. The summed E-state index contributed by atoms with van der Waals surface area (Å²) in [5.74, 6) is -0.198. The molecule has 0 spiro atoms. The Morgan fingerprint density at radius 2 is 1.81 bits per heavy atom. The van der Waals surface area contributed by atoms with Crippen LogP contribution >= 0.6 is 34.2 Å². The van der Waals surface area contributed by atoms with E-state index < -0.39 is 0 Å². The molecule has 0 unspecified atom stereocenters. The van der Waals surface area contributed by atoms with Gasteiger partial charge in [0.1, 0.15) is 11.0 Å². The van der Waals surface area contributed by atoms with Crippen LogP contribution in [0.4, 0.5) is 10.3 Å². The van der Waals surface area contributed by atoms with E-state index in [9.17, 15) is 4.39 Å². The van der Waals surface area contributed by atoms with Crippen LogP contribution in [0, 0.1) is 9.39 Å². The van der Waals surface area contributed by atoms with Crippen molar-refractivity contribution >= 4 is 40.1 Å². The number of halogens is 3. The molecule has 6 heteroatoms. The average molecular weight is 350 g/mol. The number of nitrogens with zero attached hydrogens (tertiary/aromatic N) is 2. The number of nitrogens with two attached hydrogens (primary N) is 1. The van der Waals surface area contributed by atoms with Crippen molar-refractivity contribution < 1.29 is 4.39 Å². The van der Waals surface area contributed by atoms with Crippen LogP contribution < -0.4 is 5.73 Å². The predicted molar refractivity (Wildman–Crippen MR) is 69.6 cm³/mol. The van der Waals surface area contributed by atoms with Gasteiger partial charge in [0.05, 0.1) is 9.26 Å². The van der Waals surface area contributed by atoms with E-state index >= 15 is 0 Å². The zero-order chi connectivity index (χ0) is 11.7. The van der Waals surface area contributed by atoms with Gasteiger partial charge in [-0.25, -0.2) is 14.4 Å². The Kier molecular flexibility index (Phi) is 3.25. The Morgan fingerprint density at radius 3 is 2.44 bits per heavy atom. The van der Waals surface area contributed by atoms with Gasteiger partial charge >= 0.3 is 0 Å². The van der Waals surface area contributed by atoms with Crippen molar-refractivity contribution in [2.75, 3.05) is 5.73 Å². The van der Waals surface area contributed by atoms with Gasteiger partial charge in [0.25, 0.3) is 0 Å². The molecule has 0 amide bonds. The molecule has 0 atom stereocenters. The van der Waals surface area contributed by atoms with Crippen LogP contribution in [0.5, 0.6) is 0 Å². The summed E-state index contributed by atoms with van der Waals surface area (Å²) < 4.78 is 13.5. The molecule has 0 aliphatic rings. The van der Waals surface area contributed by atoms with Gasteiger partial charge in [-0.1, -0.05) is 11.6 Å². The molecule has 2 N–H and O–H groups in total. The normalized spacial score (nSPS) is 10.4. The molecule has 0 aliphatic heterocycles. The molecule has 2 aromatic rings. The summed E-state index contributed by atoms with van der Waals surface area (Å²) in [7, 11) is 0. The maximum absolute atomic E-state index is 12.8. The summed E-state index contributed by atoms with van der Waals surface area (Å²) in [6.07, 6.45) is 0. The van der Waals surface area contributed by atoms with E-state index in [0.717, 1.165) is 5.56 Å². The molecule has 1 aromatic heterocycles. The van der Waals surface area contributed by atoms with E-state index in [0.29, 0.717) is 14.4 Å². The summed E-state index contributed by atoms with van der Waals surface area (Å²) in [4.78, 5) is 7.91. The van der Waals surface area contributed by atoms with Crippen molar-refractivity contribution in [3.8, 4) is 11.3 Å². The molecule has 0 saturated carbocycles. The lowest BCUT2D eigenvalue weighted by Gasteiger charge is -2.05. The van der Waals surface area contributed by atoms with E-state index in [4.69, 9.17) is 17.3 Å². The quantitative estimate of drug-likeness (QED) is 0.636. The second-order valence-electron chi connectivity index (χ2n) is 3.04. The highest BCUT2D eigenvalue weighted by Gasteiger charge is 2.11. The van der Waals surface area contributed by atoms with Gasteiger partial charge in [-0.15, -0.1) is 0 Å². The van der Waals surface area contributed by atoms with Crippen molar-refractivity contribution in [2.24, 2.45) is 0 Å². The van der Waals surface area contributed by atoms with E-state index in [-0.39, 0.29) is 11.8 Å². The third-order valence-corrected chi connectivity index (χ3v) is 3.56. The van der Waals surface area contributed by atoms with Crippen molar-refractivity contribution in [2.45, 2.75) is 0 Å². The lowest BCUT2D eigenvalue weighted by molar-refractivity contribution is 0.628. The average Bonchev–Trinajstić information content (AvgIpc) is 2.25. The summed E-state index contributed by atoms with van der Waals surface area (Å²) in [5, 5.41) is 0.299. The van der Waals surface area contributed by atoms with Crippen molar-refractivity contribution in [3.05, 3.63) is 38.8 Å².